The first-order valence-electron chi connectivity index (χ1n) is 5.65. The van der Waals surface area contributed by atoms with Gasteiger partial charge in [0.1, 0.15) is 0 Å². The van der Waals surface area contributed by atoms with Crippen LogP contribution in [-0.4, -0.2) is 46.6 Å². The summed E-state index contributed by atoms with van der Waals surface area (Å²) in [5.74, 6) is 4.78. The minimum Gasteiger partial charge on any atom is -0.344 e. The molecule has 0 saturated carbocycles. The van der Waals surface area contributed by atoms with Gasteiger partial charge in [-0.15, -0.1) is 23.0 Å². The van der Waals surface area contributed by atoms with Gasteiger partial charge in [-0.05, 0) is 0 Å². The Morgan fingerprint density at radius 1 is 1.00 bits per heavy atom. The van der Waals surface area contributed by atoms with Crippen molar-refractivity contribution in [3.63, 3.8) is 0 Å². The van der Waals surface area contributed by atoms with Crippen molar-refractivity contribution >= 4 is 46.7 Å². The Bertz CT molecular complexity index is 525. The lowest BCUT2D eigenvalue weighted by atomic mass is 10.6. The molecular weight excluding hydrogens is 328 g/mol. The highest BCUT2D eigenvalue weighted by Gasteiger charge is 2.09. The maximum atomic E-state index is 11.4. The lowest BCUT2D eigenvalue weighted by Gasteiger charge is -1.98. The summed E-state index contributed by atoms with van der Waals surface area (Å²) in [5.41, 5.74) is 0. The Hall–Kier alpha value is -1.68. The van der Waals surface area contributed by atoms with Crippen LogP contribution < -0.4 is 10.6 Å². The largest absolute Gasteiger partial charge is 0.344 e. The molecule has 9 heteroatoms. The van der Waals surface area contributed by atoms with Gasteiger partial charge < -0.3 is 10.6 Å². The van der Waals surface area contributed by atoms with Crippen molar-refractivity contribution in [1.82, 2.24) is 20.8 Å². The molecule has 6 nitrogen and oxygen atoms in total. The average Bonchev–Trinajstić information content (AvgIpc) is 2.94. The molecule has 2 N–H and O–H groups in total. The van der Waals surface area contributed by atoms with Crippen molar-refractivity contribution in [1.29, 1.82) is 0 Å². The molecule has 0 fully saturated rings. The van der Waals surface area contributed by atoms with E-state index in [2.05, 4.69) is 32.7 Å². The lowest BCUT2D eigenvalue weighted by Crippen LogP contribution is -2.25. The number of aromatic nitrogens is 2. The van der Waals surface area contributed by atoms with Crippen LogP contribution in [0.4, 0.5) is 0 Å². The SMILES string of the molecule is C#CCNC(=O)CSc1nnc(SCC(=O)NCC#C)s1. The van der Waals surface area contributed by atoms with E-state index in [0.29, 0.717) is 8.68 Å². The van der Waals surface area contributed by atoms with E-state index in [9.17, 15) is 9.59 Å². The quantitative estimate of drug-likeness (QED) is 0.520. The fourth-order valence-electron chi connectivity index (χ4n) is 0.970. The molecule has 0 aliphatic rings. The molecule has 0 unspecified atom stereocenters. The van der Waals surface area contributed by atoms with Crippen molar-refractivity contribution in [2.75, 3.05) is 24.6 Å². The van der Waals surface area contributed by atoms with E-state index in [-0.39, 0.29) is 36.4 Å². The van der Waals surface area contributed by atoms with E-state index in [4.69, 9.17) is 12.8 Å². The van der Waals surface area contributed by atoms with Gasteiger partial charge >= 0.3 is 0 Å². The standard InChI is InChI=1S/C12H12N4O2S3/c1-3-5-13-9(17)7-19-11-15-16-12(21-11)20-8-10(18)14-6-4-2/h1-2H,5-8H2,(H,13,17)(H,14,18). The van der Waals surface area contributed by atoms with Crippen molar-refractivity contribution in [3.05, 3.63) is 0 Å². The maximum Gasteiger partial charge on any atom is 0.231 e. The van der Waals surface area contributed by atoms with Gasteiger partial charge in [0.25, 0.3) is 0 Å². The van der Waals surface area contributed by atoms with E-state index in [0.717, 1.165) is 0 Å². The van der Waals surface area contributed by atoms with Crippen LogP contribution in [0.2, 0.25) is 0 Å². The van der Waals surface area contributed by atoms with Crippen LogP contribution in [0.25, 0.3) is 0 Å². The third kappa shape index (κ3) is 7.61. The summed E-state index contributed by atoms with van der Waals surface area (Å²) in [7, 11) is 0. The van der Waals surface area contributed by atoms with Crippen LogP contribution >= 0.6 is 34.9 Å². The smallest absolute Gasteiger partial charge is 0.231 e. The normalized spacial score (nSPS) is 9.43. The molecule has 0 saturated heterocycles. The monoisotopic (exact) mass is 340 g/mol. The molecule has 1 heterocycles. The number of hydrogen-bond acceptors (Lipinski definition) is 7. The molecule has 0 aliphatic carbocycles. The van der Waals surface area contributed by atoms with Gasteiger partial charge in [-0.25, -0.2) is 0 Å². The Balaban J connectivity index is 2.30. The molecule has 0 radical (unpaired) electrons. The minimum atomic E-state index is -0.156. The highest BCUT2D eigenvalue weighted by molar-refractivity contribution is 8.03. The number of hydrogen-bond donors (Lipinski definition) is 2. The number of thioether (sulfide) groups is 2. The first-order chi connectivity index (χ1) is 10.2. The zero-order chi connectivity index (χ0) is 15.5. The summed E-state index contributed by atoms with van der Waals surface area (Å²) < 4.78 is 1.33. The van der Waals surface area contributed by atoms with Crippen molar-refractivity contribution in [2.45, 2.75) is 8.68 Å². The first-order valence-corrected chi connectivity index (χ1v) is 8.44. The summed E-state index contributed by atoms with van der Waals surface area (Å²) in [6.45, 7) is 0.423. The molecule has 1 rings (SSSR count). The molecule has 0 spiro atoms. The number of amides is 2. The van der Waals surface area contributed by atoms with E-state index in [1.807, 2.05) is 0 Å². The average molecular weight is 340 g/mol. The van der Waals surface area contributed by atoms with Gasteiger partial charge in [-0.2, -0.15) is 0 Å². The van der Waals surface area contributed by atoms with Crippen LogP contribution in [0.15, 0.2) is 8.68 Å². The summed E-state index contributed by atoms with van der Waals surface area (Å²) in [5, 5.41) is 13.0. The van der Waals surface area contributed by atoms with Gasteiger partial charge in [0.15, 0.2) is 8.68 Å². The Labute approximate surface area is 135 Å². The Morgan fingerprint density at radius 3 is 1.81 bits per heavy atom. The minimum absolute atomic E-state index is 0.156. The summed E-state index contributed by atoms with van der Waals surface area (Å²) >= 11 is 3.87. The number of rotatable bonds is 8. The number of nitrogens with one attached hydrogen (secondary N) is 2. The first kappa shape index (κ1) is 17.4. The van der Waals surface area contributed by atoms with E-state index >= 15 is 0 Å². The third-order valence-corrected chi connectivity index (χ3v) is 5.01. The second-order valence-electron chi connectivity index (χ2n) is 3.37. The number of nitrogens with zero attached hydrogens (tertiary/aromatic N) is 2. The van der Waals surface area contributed by atoms with Gasteiger partial charge in [-0.3, -0.25) is 9.59 Å². The summed E-state index contributed by atoms with van der Waals surface area (Å²) in [6, 6.07) is 0. The predicted octanol–water partition coefficient (Wildman–Crippen LogP) is 0.221. The van der Waals surface area contributed by atoms with Crippen molar-refractivity contribution in [3.8, 4) is 24.7 Å². The van der Waals surface area contributed by atoms with Crippen molar-refractivity contribution < 1.29 is 9.59 Å². The third-order valence-electron chi connectivity index (χ3n) is 1.82. The maximum absolute atomic E-state index is 11.4. The van der Waals surface area contributed by atoms with Crippen LogP contribution in [0.1, 0.15) is 0 Å². The van der Waals surface area contributed by atoms with Crippen molar-refractivity contribution in [2.24, 2.45) is 0 Å². The molecule has 0 bridgehead atoms. The van der Waals surface area contributed by atoms with E-state index < -0.39 is 0 Å². The number of carbonyl (C=O) groups is 2. The second kappa shape index (κ2) is 10.1. The van der Waals surface area contributed by atoms with E-state index in [1.165, 1.54) is 34.9 Å². The zero-order valence-corrected chi connectivity index (χ0v) is 13.4. The highest BCUT2D eigenvalue weighted by atomic mass is 32.2. The molecule has 0 atom stereocenters. The highest BCUT2D eigenvalue weighted by Crippen LogP contribution is 2.28. The van der Waals surface area contributed by atoms with Gasteiger partial charge in [-0.1, -0.05) is 46.7 Å². The zero-order valence-electron chi connectivity index (χ0n) is 10.9. The molecule has 2 amide bonds. The van der Waals surface area contributed by atoms with Crippen LogP contribution in [0.5, 0.6) is 0 Å². The van der Waals surface area contributed by atoms with Crippen LogP contribution in [0.3, 0.4) is 0 Å². The fraction of sp³-hybridized carbons (Fsp3) is 0.333. The molecule has 21 heavy (non-hydrogen) atoms. The fourth-order valence-corrected chi connectivity index (χ4v) is 3.65. The molecule has 0 aromatic carbocycles. The predicted molar refractivity (Wildman–Crippen MR) is 85.0 cm³/mol. The van der Waals surface area contributed by atoms with Gasteiger partial charge in [0.05, 0.1) is 24.6 Å². The second-order valence-corrected chi connectivity index (χ2v) is 6.80. The number of terminal acetylenes is 2. The van der Waals surface area contributed by atoms with Gasteiger partial charge in [0, 0.05) is 0 Å². The topological polar surface area (TPSA) is 84.0 Å². The number of carbonyl (C=O) groups excluding carboxylic acids is 2. The molecule has 1 aromatic rings. The molecular formula is C12H12N4O2S3. The van der Waals surface area contributed by atoms with Gasteiger partial charge in [0.2, 0.25) is 11.8 Å². The Kier molecular flexibility index (Phi) is 8.36. The molecule has 0 aliphatic heterocycles. The van der Waals surface area contributed by atoms with Crippen LogP contribution in [-0.2, 0) is 9.59 Å². The van der Waals surface area contributed by atoms with Crippen LogP contribution in [0, 0.1) is 24.7 Å². The summed E-state index contributed by atoms with van der Waals surface area (Å²) in [6.07, 6.45) is 10.1. The summed E-state index contributed by atoms with van der Waals surface area (Å²) in [4.78, 5) is 22.7. The molecule has 1 aromatic heterocycles. The molecule has 110 valence electrons. The van der Waals surface area contributed by atoms with E-state index in [1.54, 1.807) is 0 Å². The lowest BCUT2D eigenvalue weighted by molar-refractivity contribution is -0.119. The Morgan fingerprint density at radius 2 is 1.43 bits per heavy atom.